The van der Waals surface area contributed by atoms with Crippen LogP contribution in [0.15, 0.2) is 59.0 Å². The SMILES string of the molecule is Cc1ccc(OCc2ccc(C(=O)Nc3cc(C)n(Cc4ccc(Cl)c(Cl)c4)n3)o2)c([N+](=O)[O-])c1. The number of furan rings is 1. The number of nitro groups is 1. The van der Waals surface area contributed by atoms with E-state index >= 15 is 0 Å². The van der Waals surface area contributed by atoms with Crippen molar-refractivity contribution >= 4 is 40.6 Å². The molecule has 0 unspecified atom stereocenters. The van der Waals surface area contributed by atoms with Crippen molar-refractivity contribution in [2.75, 3.05) is 5.32 Å². The van der Waals surface area contributed by atoms with Crippen LogP contribution in [0.5, 0.6) is 5.75 Å². The lowest BCUT2D eigenvalue weighted by Crippen LogP contribution is -2.12. The van der Waals surface area contributed by atoms with Gasteiger partial charge in [-0.1, -0.05) is 35.3 Å². The monoisotopic (exact) mass is 514 g/mol. The van der Waals surface area contributed by atoms with E-state index in [1.807, 2.05) is 13.0 Å². The molecule has 0 spiro atoms. The molecule has 4 aromatic rings. The lowest BCUT2D eigenvalue weighted by molar-refractivity contribution is -0.386. The maximum Gasteiger partial charge on any atom is 0.311 e. The molecule has 2 heterocycles. The molecule has 180 valence electrons. The van der Waals surface area contributed by atoms with E-state index in [1.165, 1.54) is 18.2 Å². The topological polar surface area (TPSA) is 112 Å². The van der Waals surface area contributed by atoms with E-state index in [1.54, 1.807) is 41.9 Å². The number of amides is 1. The highest BCUT2D eigenvalue weighted by molar-refractivity contribution is 6.42. The maximum atomic E-state index is 12.6. The Bertz CT molecular complexity index is 1410. The average Bonchev–Trinajstić information content (AvgIpc) is 3.42. The molecular formula is C24H20Cl2N4O5. The van der Waals surface area contributed by atoms with Gasteiger partial charge in [-0.3, -0.25) is 19.6 Å². The van der Waals surface area contributed by atoms with Crippen molar-refractivity contribution in [1.29, 1.82) is 0 Å². The van der Waals surface area contributed by atoms with E-state index in [9.17, 15) is 14.9 Å². The first-order valence-corrected chi connectivity index (χ1v) is 11.2. The van der Waals surface area contributed by atoms with Crippen LogP contribution in [0.4, 0.5) is 11.5 Å². The number of nitrogens with one attached hydrogen (secondary N) is 1. The van der Waals surface area contributed by atoms with Crippen LogP contribution in [-0.2, 0) is 13.2 Å². The smallest absolute Gasteiger partial charge is 0.311 e. The van der Waals surface area contributed by atoms with Crippen molar-refractivity contribution in [3.05, 3.63) is 103 Å². The highest BCUT2D eigenvalue weighted by Crippen LogP contribution is 2.29. The molecule has 2 aromatic carbocycles. The first kappa shape index (κ1) is 24.3. The third-order valence-electron chi connectivity index (χ3n) is 5.11. The first-order valence-electron chi connectivity index (χ1n) is 10.5. The molecule has 0 aliphatic heterocycles. The number of aromatic nitrogens is 2. The fourth-order valence-corrected chi connectivity index (χ4v) is 3.66. The van der Waals surface area contributed by atoms with Gasteiger partial charge in [-0.05, 0) is 55.3 Å². The third-order valence-corrected chi connectivity index (χ3v) is 5.84. The fourth-order valence-electron chi connectivity index (χ4n) is 3.34. The number of nitrogens with zero attached hydrogens (tertiary/aromatic N) is 3. The molecule has 11 heteroatoms. The van der Waals surface area contributed by atoms with Gasteiger partial charge in [-0.15, -0.1) is 0 Å². The molecule has 0 saturated heterocycles. The second-order valence-corrected chi connectivity index (χ2v) is 8.63. The number of benzene rings is 2. The van der Waals surface area contributed by atoms with Crippen molar-refractivity contribution in [3.8, 4) is 5.75 Å². The predicted molar refractivity (Wildman–Crippen MR) is 131 cm³/mol. The Hall–Kier alpha value is -3.82. The number of rotatable bonds is 8. The van der Waals surface area contributed by atoms with Gasteiger partial charge in [0.2, 0.25) is 0 Å². The standard InChI is InChI=1S/C24H20Cl2N4O5/c1-14-3-7-21(20(9-14)30(32)33)34-13-17-5-8-22(35-17)24(31)27-23-10-15(2)29(28-23)12-16-4-6-18(25)19(26)11-16/h3-11H,12-13H2,1-2H3,(H,27,28,31). The number of hydrogen-bond donors (Lipinski definition) is 1. The van der Waals surface area contributed by atoms with E-state index in [4.69, 9.17) is 32.4 Å². The summed E-state index contributed by atoms with van der Waals surface area (Å²) in [6.07, 6.45) is 0. The van der Waals surface area contributed by atoms with Gasteiger partial charge in [0, 0.05) is 17.8 Å². The minimum Gasteiger partial charge on any atom is -0.479 e. The van der Waals surface area contributed by atoms with Crippen molar-refractivity contribution in [3.63, 3.8) is 0 Å². The Morgan fingerprint density at radius 3 is 2.66 bits per heavy atom. The van der Waals surface area contributed by atoms with E-state index in [2.05, 4.69) is 10.4 Å². The molecule has 1 amide bonds. The Morgan fingerprint density at radius 1 is 1.11 bits per heavy atom. The zero-order valence-electron chi connectivity index (χ0n) is 18.7. The molecule has 9 nitrogen and oxygen atoms in total. The number of nitro benzene ring substituents is 1. The number of hydrogen-bond acceptors (Lipinski definition) is 6. The normalized spacial score (nSPS) is 10.9. The summed E-state index contributed by atoms with van der Waals surface area (Å²) in [6.45, 7) is 4.00. The zero-order valence-corrected chi connectivity index (χ0v) is 20.3. The summed E-state index contributed by atoms with van der Waals surface area (Å²) < 4.78 is 12.8. The number of carbonyl (C=O) groups excluding carboxylic acids is 1. The molecule has 0 aliphatic carbocycles. The van der Waals surface area contributed by atoms with Gasteiger partial charge in [0.15, 0.2) is 17.3 Å². The third kappa shape index (κ3) is 5.82. The van der Waals surface area contributed by atoms with Crippen LogP contribution in [0.3, 0.4) is 0 Å². The van der Waals surface area contributed by atoms with Crippen LogP contribution >= 0.6 is 23.2 Å². The van der Waals surface area contributed by atoms with Gasteiger partial charge in [0.25, 0.3) is 5.91 Å². The highest BCUT2D eigenvalue weighted by atomic mass is 35.5. The summed E-state index contributed by atoms with van der Waals surface area (Å²) in [6, 6.07) is 14.8. The number of halogens is 2. The molecular weight excluding hydrogens is 495 g/mol. The quantitative estimate of drug-likeness (QED) is 0.221. The molecule has 0 fully saturated rings. The number of aryl methyl sites for hydroxylation is 2. The van der Waals surface area contributed by atoms with E-state index < -0.39 is 10.8 Å². The lowest BCUT2D eigenvalue weighted by atomic mass is 10.2. The highest BCUT2D eigenvalue weighted by Gasteiger charge is 2.18. The first-order chi connectivity index (χ1) is 16.7. The molecule has 0 aliphatic rings. The van der Waals surface area contributed by atoms with E-state index in [0.29, 0.717) is 28.2 Å². The fraction of sp³-hybridized carbons (Fsp3) is 0.167. The number of carbonyl (C=O) groups is 1. The second-order valence-electron chi connectivity index (χ2n) is 7.81. The molecule has 0 saturated carbocycles. The predicted octanol–water partition coefficient (Wildman–Crippen LogP) is 6.19. The van der Waals surface area contributed by atoms with Crippen LogP contribution < -0.4 is 10.1 Å². The Balaban J connectivity index is 1.39. The molecule has 35 heavy (non-hydrogen) atoms. The summed E-state index contributed by atoms with van der Waals surface area (Å²) in [5.41, 5.74) is 2.35. The molecule has 0 radical (unpaired) electrons. The molecule has 2 aromatic heterocycles. The van der Waals surface area contributed by atoms with Crippen LogP contribution in [-0.4, -0.2) is 20.6 Å². The minimum atomic E-state index is -0.508. The van der Waals surface area contributed by atoms with Crippen molar-refractivity contribution in [2.45, 2.75) is 27.0 Å². The summed E-state index contributed by atoms with van der Waals surface area (Å²) >= 11 is 12.0. The van der Waals surface area contributed by atoms with Crippen molar-refractivity contribution < 1.29 is 18.9 Å². The van der Waals surface area contributed by atoms with Crippen LogP contribution in [0.1, 0.15) is 33.1 Å². The lowest BCUT2D eigenvalue weighted by Gasteiger charge is -2.06. The van der Waals surface area contributed by atoms with E-state index in [-0.39, 0.29) is 23.8 Å². The van der Waals surface area contributed by atoms with Gasteiger partial charge >= 0.3 is 5.69 Å². The Morgan fingerprint density at radius 2 is 1.91 bits per heavy atom. The van der Waals surface area contributed by atoms with Crippen LogP contribution in [0.2, 0.25) is 10.0 Å². The largest absolute Gasteiger partial charge is 0.479 e. The molecule has 1 N–H and O–H groups in total. The Kier molecular flexibility index (Phi) is 7.09. The summed E-state index contributed by atoms with van der Waals surface area (Å²) in [5.74, 6) is 0.379. The Labute approximate surface area is 210 Å². The van der Waals surface area contributed by atoms with Gasteiger partial charge in [0.05, 0.1) is 21.5 Å². The van der Waals surface area contributed by atoms with Crippen molar-refractivity contribution in [2.24, 2.45) is 0 Å². The van der Waals surface area contributed by atoms with Gasteiger partial charge in [-0.25, -0.2) is 0 Å². The van der Waals surface area contributed by atoms with Crippen LogP contribution in [0.25, 0.3) is 0 Å². The van der Waals surface area contributed by atoms with Gasteiger partial charge < -0.3 is 14.5 Å². The van der Waals surface area contributed by atoms with E-state index in [0.717, 1.165) is 16.8 Å². The minimum absolute atomic E-state index is 0.0543. The van der Waals surface area contributed by atoms with Gasteiger partial charge in [0.1, 0.15) is 12.4 Å². The number of ether oxygens (including phenoxy) is 1. The van der Waals surface area contributed by atoms with Gasteiger partial charge in [-0.2, -0.15) is 5.10 Å². The zero-order chi connectivity index (χ0) is 25.1. The van der Waals surface area contributed by atoms with Crippen LogP contribution in [0, 0.1) is 24.0 Å². The molecule has 0 bridgehead atoms. The summed E-state index contributed by atoms with van der Waals surface area (Å²) in [5, 5.41) is 19.3. The number of anilines is 1. The molecule has 4 rings (SSSR count). The summed E-state index contributed by atoms with van der Waals surface area (Å²) in [4.78, 5) is 23.4. The second kappa shape index (κ2) is 10.2. The average molecular weight is 515 g/mol. The summed E-state index contributed by atoms with van der Waals surface area (Å²) in [7, 11) is 0. The van der Waals surface area contributed by atoms with Crippen molar-refractivity contribution in [1.82, 2.24) is 9.78 Å². The molecule has 0 atom stereocenters. The maximum absolute atomic E-state index is 12.6.